The predicted octanol–water partition coefficient (Wildman–Crippen LogP) is 6.22. The minimum absolute atomic E-state index is 0.00162. The number of hydrogen-bond donors (Lipinski definition) is 2. The van der Waals surface area contributed by atoms with Crippen molar-refractivity contribution in [1.29, 1.82) is 0 Å². The van der Waals surface area contributed by atoms with E-state index in [2.05, 4.69) is 37.8 Å². The van der Waals surface area contributed by atoms with Gasteiger partial charge in [0.15, 0.2) is 6.29 Å². The molecule has 0 unspecified atom stereocenters. The van der Waals surface area contributed by atoms with Crippen molar-refractivity contribution in [3.63, 3.8) is 0 Å². The van der Waals surface area contributed by atoms with Gasteiger partial charge in [-0.25, -0.2) is 9.97 Å². The molecule has 2 N–H and O–H groups in total. The summed E-state index contributed by atoms with van der Waals surface area (Å²) < 4.78 is 15.4. The Hall–Kier alpha value is -4.96. The van der Waals surface area contributed by atoms with Crippen molar-refractivity contribution >= 4 is 33.7 Å². The molecule has 1 aliphatic heterocycles. The number of anilines is 1. The third kappa shape index (κ3) is 5.56. The summed E-state index contributed by atoms with van der Waals surface area (Å²) >= 11 is 0. The molecule has 0 radical (unpaired) electrons. The maximum Gasteiger partial charge on any atom is 0.275 e. The molecule has 0 aliphatic carbocycles. The lowest BCUT2D eigenvalue weighted by Gasteiger charge is -2.41. The molecule has 7 rings (SSSR count). The minimum atomic E-state index is -0.689. The normalized spacial score (nSPS) is 20.1. The van der Waals surface area contributed by atoms with Crippen LogP contribution in [0.15, 0.2) is 110 Å². The Bertz CT molecular complexity index is 1940. The van der Waals surface area contributed by atoms with Crippen molar-refractivity contribution in [3.05, 3.63) is 132 Å². The Morgan fingerprint density at radius 1 is 0.864 bits per heavy atom. The van der Waals surface area contributed by atoms with Crippen molar-refractivity contribution in [3.8, 4) is 0 Å². The second-order valence-electron chi connectivity index (χ2n) is 11.0. The Kier molecular flexibility index (Phi) is 7.57. The topological polar surface area (TPSA) is 111 Å². The molecule has 4 aromatic carbocycles. The van der Waals surface area contributed by atoms with Crippen LogP contribution in [0.5, 0.6) is 0 Å². The molecule has 0 bridgehead atoms. The van der Waals surface area contributed by atoms with E-state index in [0.29, 0.717) is 17.7 Å². The van der Waals surface area contributed by atoms with Crippen molar-refractivity contribution < 1.29 is 19.4 Å². The number of fused-ring (bicyclic) bond motifs is 2. The molecule has 9 nitrogen and oxygen atoms in total. The molecule has 0 spiro atoms. The highest BCUT2D eigenvalue weighted by Gasteiger charge is 2.38. The number of carbonyl (C=O) groups is 1. The number of aliphatic hydroxyl groups excluding tert-OH is 1. The van der Waals surface area contributed by atoms with E-state index in [1.807, 2.05) is 97.3 Å². The van der Waals surface area contributed by atoms with E-state index in [-0.39, 0.29) is 36.3 Å². The SMILES string of the molecule is C[C@H]1[C@@H](Cn2cnc3ccccc32)O[C@@H](c2cccc(NC(=O)c3cnc4ccccc4n3)c2)O[C@H]1c1ccc(CO)cc1. The quantitative estimate of drug-likeness (QED) is 0.229. The van der Waals surface area contributed by atoms with Crippen LogP contribution in [0, 0.1) is 5.92 Å². The first-order valence-corrected chi connectivity index (χ1v) is 14.6. The van der Waals surface area contributed by atoms with E-state index in [9.17, 15) is 9.90 Å². The summed E-state index contributed by atoms with van der Waals surface area (Å²) in [5.41, 5.74) is 6.79. The Morgan fingerprint density at radius 2 is 1.64 bits per heavy atom. The maximum absolute atomic E-state index is 13.1. The molecule has 1 aliphatic rings. The van der Waals surface area contributed by atoms with E-state index in [1.54, 1.807) is 0 Å². The smallest absolute Gasteiger partial charge is 0.275 e. The largest absolute Gasteiger partial charge is 0.392 e. The van der Waals surface area contributed by atoms with E-state index >= 15 is 0 Å². The van der Waals surface area contributed by atoms with E-state index in [0.717, 1.165) is 33.2 Å². The van der Waals surface area contributed by atoms with Gasteiger partial charge in [0.05, 0.1) is 60.0 Å². The summed E-state index contributed by atoms with van der Waals surface area (Å²) in [4.78, 5) is 26.5. The van der Waals surface area contributed by atoms with Crippen LogP contribution in [0.2, 0.25) is 0 Å². The molecular weight excluding hydrogens is 554 g/mol. The fourth-order valence-electron chi connectivity index (χ4n) is 5.70. The second kappa shape index (κ2) is 12.0. The zero-order chi connectivity index (χ0) is 30.0. The molecule has 9 heteroatoms. The van der Waals surface area contributed by atoms with Gasteiger partial charge in [-0.3, -0.25) is 9.78 Å². The number of aromatic nitrogens is 4. The van der Waals surface area contributed by atoms with Crippen LogP contribution in [-0.4, -0.2) is 36.6 Å². The van der Waals surface area contributed by atoms with Gasteiger partial charge in [0, 0.05) is 17.2 Å². The van der Waals surface area contributed by atoms with Gasteiger partial charge in [-0.2, -0.15) is 0 Å². The lowest BCUT2D eigenvalue weighted by Crippen LogP contribution is -2.39. The number of amides is 1. The van der Waals surface area contributed by atoms with Crippen LogP contribution < -0.4 is 5.32 Å². The highest BCUT2D eigenvalue weighted by Crippen LogP contribution is 2.42. The average molecular weight is 586 g/mol. The summed E-state index contributed by atoms with van der Waals surface area (Å²) in [7, 11) is 0. The van der Waals surface area contributed by atoms with Crippen LogP contribution in [0.3, 0.4) is 0 Å². The fraction of sp³-hybridized carbons (Fsp3) is 0.200. The van der Waals surface area contributed by atoms with Gasteiger partial charge in [0.2, 0.25) is 0 Å². The van der Waals surface area contributed by atoms with Crippen LogP contribution >= 0.6 is 0 Å². The number of nitrogens with zero attached hydrogens (tertiary/aromatic N) is 4. The summed E-state index contributed by atoms with van der Waals surface area (Å²) in [5.74, 6) is -0.354. The van der Waals surface area contributed by atoms with Gasteiger partial charge in [0.1, 0.15) is 5.69 Å². The van der Waals surface area contributed by atoms with Crippen molar-refractivity contribution in [2.45, 2.75) is 38.6 Å². The average Bonchev–Trinajstić information content (AvgIpc) is 3.48. The third-order valence-electron chi connectivity index (χ3n) is 8.13. The van der Waals surface area contributed by atoms with E-state index < -0.39 is 6.29 Å². The van der Waals surface area contributed by atoms with Crippen molar-refractivity contribution in [2.75, 3.05) is 5.32 Å². The van der Waals surface area contributed by atoms with Crippen LogP contribution in [0.25, 0.3) is 22.1 Å². The number of rotatable bonds is 7. The molecule has 1 amide bonds. The lowest BCUT2D eigenvalue weighted by molar-refractivity contribution is -0.276. The predicted molar refractivity (Wildman–Crippen MR) is 167 cm³/mol. The Morgan fingerprint density at radius 3 is 2.45 bits per heavy atom. The van der Waals surface area contributed by atoms with Crippen molar-refractivity contribution in [2.24, 2.45) is 5.92 Å². The Labute approximate surface area is 254 Å². The van der Waals surface area contributed by atoms with Gasteiger partial charge in [-0.05, 0) is 47.5 Å². The number of nitrogens with one attached hydrogen (secondary N) is 1. The highest BCUT2D eigenvalue weighted by atomic mass is 16.7. The molecule has 2 aromatic heterocycles. The number of benzene rings is 4. The molecule has 3 heterocycles. The standard InChI is InChI=1S/C35H31N5O4/c1-22-32(19-40-21-37-29-11-4-5-12-31(29)40)43-35(44-33(22)24-15-13-23(20-41)14-16-24)25-7-6-8-26(17-25)38-34(42)30-18-36-27-9-2-3-10-28(27)39-30/h2-18,21-22,32-33,35,41H,19-20H2,1H3,(H,38,42)/t22-,32+,33+,35+/m0/s1. The first-order chi connectivity index (χ1) is 21.6. The number of ether oxygens (including phenoxy) is 2. The van der Waals surface area contributed by atoms with Gasteiger partial charge in [0.25, 0.3) is 5.91 Å². The summed E-state index contributed by atoms with van der Waals surface area (Å²) in [6.45, 7) is 2.70. The van der Waals surface area contributed by atoms with Crippen LogP contribution in [-0.2, 0) is 22.6 Å². The van der Waals surface area contributed by atoms with E-state index in [1.165, 1.54) is 6.20 Å². The molecule has 1 fully saturated rings. The molecule has 1 saturated heterocycles. The summed E-state index contributed by atoms with van der Waals surface area (Å²) in [5, 5.41) is 12.5. The fourth-order valence-corrected chi connectivity index (χ4v) is 5.70. The lowest BCUT2D eigenvalue weighted by atomic mass is 9.90. The Balaban J connectivity index is 1.17. The molecule has 4 atom stereocenters. The number of aliphatic hydroxyl groups is 1. The number of hydrogen-bond acceptors (Lipinski definition) is 7. The van der Waals surface area contributed by atoms with Gasteiger partial charge in [-0.1, -0.05) is 67.6 Å². The van der Waals surface area contributed by atoms with E-state index in [4.69, 9.17) is 9.47 Å². The number of para-hydroxylation sites is 4. The highest BCUT2D eigenvalue weighted by molar-refractivity contribution is 6.03. The number of imidazole rings is 1. The zero-order valence-electron chi connectivity index (χ0n) is 24.1. The van der Waals surface area contributed by atoms with Crippen LogP contribution in [0.1, 0.15) is 46.5 Å². The zero-order valence-corrected chi connectivity index (χ0v) is 24.1. The van der Waals surface area contributed by atoms with Gasteiger partial charge >= 0.3 is 0 Å². The van der Waals surface area contributed by atoms with Gasteiger partial charge in [-0.15, -0.1) is 0 Å². The van der Waals surface area contributed by atoms with Gasteiger partial charge < -0.3 is 24.5 Å². The molecule has 44 heavy (non-hydrogen) atoms. The van der Waals surface area contributed by atoms with Crippen LogP contribution in [0.4, 0.5) is 5.69 Å². The first-order valence-electron chi connectivity index (χ1n) is 14.6. The molecule has 0 saturated carbocycles. The number of carbonyl (C=O) groups excluding carboxylic acids is 1. The molecule has 6 aromatic rings. The first kappa shape index (κ1) is 27.8. The second-order valence-corrected chi connectivity index (χ2v) is 11.0. The molecule has 220 valence electrons. The third-order valence-corrected chi connectivity index (χ3v) is 8.13. The summed E-state index contributed by atoms with van der Waals surface area (Å²) in [6, 6.07) is 30.8. The maximum atomic E-state index is 13.1. The minimum Gasteiger partial charge on any atom is -0.392 e. The van der Waals surface area contributed by atoms with Crippen molar-refractivity contribution in [1.82, 2.24) is 19.5 Å². The molecular formula is C35H31N5O4. The summed E-state index contributed by atoms with van der Waals surface area (Å²) in [6.07, 6.45) is 2.16. The monoisotopic (exact) mass is 585 g/mol.